The molecular formula is C59H86N2O15. The lowest BCUT2D eigenvalue weighted by Gasteiger charge is -2.42. The molecule has 4 heterocycles. The number of cyclic esters (lactones) is 1. The van der Waals surface area contributed by atoms with E-state index in [0.29, 0.717) is 68.9 Å². The van der Waals surface area contributed by atoms with Crippen molar-refractivity contribution in [3.63, 3.8) is 0 Å². The van der Waals surface area contributed by atoms with Gasteiger partial charge < -0.3 is 48.3 Å². The fraction of sp³-hybridized carbons (Fsp3) is 0.678. The van der Waals surface area contributed by atoms with Gasteiger partial charge in [-0.15, -0.1) is 0 Å². The second kappa shape index (κ2) is 29.8. The van der Waals surface area contributed by atoms with Crippen LogP contribution in [0.25, 0.3) is 0 Å². The number of amides is 1. The summed E-state index contributed by atoms with van der Waals surface area (Å²) in [4.78, 5) is 89.0. The van der Waals surface area contributed by atoms with E-state index in [-0.39, 0.29) is 74.1 Å². The maximum Gasteiger partial charge on any atom is 0.339 e. The van der Waals surface area contributed by atoms with Crippen LogP contribution in [-0.2, 0) is 57.1 Å². The van der Waals surface area contributed by atoms with Crippen molar-refractivity contribution < 1.29 is 72.1 Å². The summed E-state index contributed by atoms with van der Waals surface area (Å²) >= 11 is 0. The number of fused-ring (bicyclic) bond motifs is 3. The third kappa shape index (κ3) is 16.9. The molecule has 1 saturated carbocycles. The Morgan fingerprint density at radius 3 is 2.34 bits per heavy atom. The predicted octanol–water partition coefficient (Wildman–Crippen LogP) is 7.46. The molecule has 4 aliphatic rings. The van der Waals surface area contributed by atoms with E-state index in [4.69, 9.17) is 33.2 Å². The van der Waals surface area contributed by atoms with Gasteiger partial charge >= 0.3 is 11.9 Å². The Morgan fingerprint density at radius 2 is 1.64 bits per heavy atom. The van der Waals surface area contributed by atoms with Crippen molar-refractivity contribution in [2.75, 3.05) is 41.1 Å². The molecule has 76 heavy (non-hydrogen) atoms. The number of rotatable bonds is 11. The zero-order valence-electron chi connectivity index (χ0n) is 46.6. The van der Waals surface area contributed by atoms with Crippen LogP contribution in [0.2, 0.25) is 0 Å². The van der Waals surface area contributed by atoms with Gasteiger partial charge in [-0.25, -0.2) is 9.59 Å². The monoisotopic (exact) mass is 1060 g/mol. The van der Waals surface area contributed by atoms with E-state index in [0.717, 1.165) is 12.0 Å². The van der Waals surface area contributed by atoms with Gasteiger partial charge in [-0.3, -0.25) is 24.2 Å². The number of aromatic nitrogens is 1. The number of nitrogens with zero attached hydrogens (tertiary/aromatic N) is 2. The quantitative estimate of drug-likeness (QED) is 0.0950. The standard InChI is InChI=1S/C59H86N2O15/c1-36-17-12-11-13-18-37(2)49(70-8)33-45-23-21-42(7)59(69,76-45)55(65)56(66)61-26-15-14-20-46(61)58(68)75-50(34-47(62)38(3)30-41(6)53(64)54(72-10)52(63)40(5)29-36)39(4)31-43-22-24-48(51(32-43)71-9)73-27-28-74-57(67)44-19-16-25-60-35-44/h11-13,16-19,25,30,35-36,38-40,42-43,45-46,48-51,53-54,64,69H,14-15,20-24,26-29,31-34H2,1-10H3/b13-11+,17-12-,37-18+,41-30+/t36-,38-,39-,40-,42-,43+,45+,46+,48-,49+,50+,51-,53-,54+,59-/m1/s1. The van der Waals surface area contributed by atoms with Crippen molar-refractivity contribution in [2.24, 2.45) is 35.5 Å². The maximum atomic E-state index is 14.6. The average Bonchev–Trinajstić information content (AvgIpc) is 3.43. The number of hydrogen-bond acceptors (Lipinski definition) is 16. The second-order valence-corrected chi connectivity index (χ2v) is 21.8. The van der Waals surface area contributed by atoms with E-state index in [2.05, 4.69) is 4.98 Å². The summed E-state index contributed by atoms with van der Waals surface area (Å²) in [5.74, 6) is -8.71. The Hall–Kier alpha value is -4.75. The maximum absolute atomic E-state index is 14.6. The molecule has 17 heteroatoms. The van der Waals surface area contributed by atoms with Crippen LogP contribution in [0.4, 0.5) is 0 Å². The number of aliphatic hydroxyl groups excluding tert-OH is 1. The highest BCUT2D eigenvalue weighted by Crippen LogP contribution is 2.38. The largest absolute Gasteiger partial charge is 0.460 e. The summed E-state index contributed by atoms with van der Waals surface area (Å²) in [5.41, 5.74) is 1.59. The first kappa shape index (κ1) is 62.1. The van der Waals surface area contributed by atoms with Gasteiger partial charge in [-0.1, -0.05) is 71.1 Å². The zero-order chi connectivity index (χ0) is 55.7. The van der Waals surface area contributed by atoms with Crippen molar-refractivity contribution in [1.82, 2.24) is 9.88 Å². The number of esters is 2. The molecule has 1 aromatic heterocycles. The number of carbonyl (C=O) groups excluding carboxylic acids is 6. The molecule has 2 bridgehead atoms. The number of hydrogen-bond donors (Lipinski definition) is 2. The molecule has 0 unspecified atom stereocenters. The number of aliphatic hydroxyl groups is 2. The van der Waals surface area contributed by atoms with Gasteiger partial charge in [0, 0.05) is 70.9 Å². The second-order valence-electron chi connectivity index (χ2n) is 21.8. The molecule has 0 spiro atoms. The molecule has 1 amide bonds. The van der Waals surface area contributed by atoms with E-state index in [1.54, 1.807) is 59.4 Å². The van der Waals surface area contributed by atoms with Gasteiger partial charge in [-0.2, -0.15) is 0 Å². The van der Waals surface area contributed by atoms with Gasteiger partial charge in [0.25, 0.3) is 11.7 Å². The van der Waals surface area contributed by atoms with Crippen LogP contribution in [0, 0.1) is 35.5 Å². The fourth-order valence-corrected chi connectivity index (χ4v) is 11.2. The lowest BCUT2D eigenvalue weighted by molar-refractivity contribution is -0.265. The number of Topliss-reactive ketones (excluding diaryl/α,β-unsaturated/α-hetero) is 3. The zero-order valence-corrected chi connectivity index (χ0v) is 46.6. The average molecular weight is 1060 g/mol. The summed E-state index contributed by atoms with van der Waals surface area (Å²) in [6.07, 6.45) is 14.4. The number of carbonyl (C=O) groups is 6. The first-order chi connectivity index (χ1) is 36.2. The molecule has 2 N–H and O–H groups in total. The molecule has 2 saturated heterocycles. The van der Waals surface area contributed by atoms with Gasteiger partial charge in [0.1, 0.15) is 36.7 Å². The van der Waals surface area contributed by atoms with E-state index < -0.39 is 83.7 Å². The first-order valence-corrected chi connectivity index (χ1v) is 27.4. The first-order valence-electron chi connectivity index (χ1n) is 27.4. The van der Waals surface area contributed by atoms with Crippen molar-refractivity contribution in [3.8, 4) is 0 Å². The van der Waals surface area contributed by atoms with Crippen LogP contribution in [0.3, 0.4) is 0 Å². The summed E-state index contributed by atoms with van der Waals surface area (Å²) < 4.78 is 41.4. The van der Waals surface area contributed by atoms with Crippen LogP contribution < -0.4 is 0 Å². The molecule has 3 aliphatic heterocycles. The Labute approximate surface area is 450 Å². The summed E-state index contributed by atoms with van der Waals surface area (Å²) in [6, 6.07) is 2.11. The number of piperidine rings is 1. The number of ketones is 3. The topological polar surface area (TPSA) is 224 Å². The van der Waals surface area contributed by atoms with E-state index in [9.17, 15) is 39.0 Å². The molecular weight excluding hydrogens is 977 g/mol. The molecule has 5 rings (SSSR count). The highest BCUT2D eigenvalue weighted by atomic mass is 16.6. The fourth-order valence-electron chi connectivity index (χ4n) is 11.2. The lowest BCUT2D eigenvalue weighted by atomic mass is 9.78. The summed E-state index contributed by atoms with van der Waals surface area (Å²) in [5, 5.41) is 23.6. The predicted molar refractivity (Wildman–Crippen MR) is 283 cm³/mol. The van der Waals surface area contributed by atoms with Crippen LogP contribution in [-0.4, -0.2) is 151 Å². The molecule has 3 fully saturated rings. The van der Waals surface area contributed by atoms with Crippen molar-refractivity contribution in [2.45, 2.75) is 180 Å². The highest BCUT2D eigenvalue weighted by molar-refractivity contribution is 6.39. The summed E-state index contributed by atoms with van der Waals surface area (Å²) in [6.45, 7) is 12.9. The SMILES string of the molecule is CO[C@H]1C[C@@H]2CC[C@@H](C)[C@@](O)(O2)C(=O)C(=O)N2CCCC[C@H]2C(=O)O[C@H]([C@H](C)C[C@@H]2CC[C@@H](OCCOC(=O)c3cccnc3)[C@H](OC)C2)CC(=O)[C@H](C)/C=C(\C)[C@@H](O)[C@@H](OC)C(=O)[C@H](C)C[C@H](C)\C=C/C=C/C=C/1C. The van der Waals surface area contributed by atoms with Crippen LogP contribution in [0.5, 0.6) is 0 Å². The minimum atomic E-state index is -2.45. The number of pyridine rings is 1. The van der Waals surface area contributed by atoms with Crippen LogP contribution in [0.15, 0.2) is 72.1 Å². The van der Waals surface area contributed by atoms with Crippen LogP contribution in [0.1, 0.15) is 136 Å². The van der Waals surface area contributed by atoms with Gasteiger partial charge in [0.2, 0.25) is 5.79 Å². The van der Waals surface area contributed by atoms with E-state index >= 15 is 0 Å². The molecule has 422 valence electrons. The Balaban J connectivity index is 1.40. The molecule has 0 aromatic carbocycles. The van der Waals surface area contributed by atoms with Crippen molar-refractivity contribution >= 4 is 35.2 Å². The van der Waals surface area contributed by atoms with Crippen molar-refractivity contribution in [1.29, 1.82) is 0 Å². The van der Waals surface area contributed by atoms with Gasteiger partial charge in [0.15, 0.2) is 5.78 Å². The van der Waals surface area contributed by atoms with E-state index in [1.165, 1.54) is 18.2 Å². The summed E-state index contributed by atoms with van der Waals surface area (Å²) in [7, 11) is 4.57. The molecule has 17 nitrogen and oxygen atoms in total. The molecule has 1 aromatic rings. The Morgan fingerprint density at radius 1 is 0.882 bits per heavy atom. The minimum Gasteiger partial charge on any atom is -0.460 e. The third-order valence-corrected chi connectivity index (χ3v) is 16.0. The Bertz CT molecular complexity index is 2230. The lowest BCUT2D eigenvalue weighted by Crippen LogP contribution is -2.61. The highest BCUT2D eigenvalue weighted by Gasteiger charge is 2.53. The smallest absolute Gasteiger partial charge is 0.339 e. The molecule has 1 aliphatic carbocycles. The minimum absolute atomic E-state index is 0.00342. The van der Waals surface area contributed by atoms with E-state index in [1.807, 2.05) is 58.1 Å². The van der Waals surface area contributed by atoms with Gasteiger partial charge in [-0.05, 0) is 119 Å². The number of allylic oxidation sites excluding steroid dienone is 6. The normalized spacial score (nSPS) is 36.1. The van der Waals surface area contributed by atoms with Crippen LogP contribution >= 0.6 is 0 Å². The Kier molecular flexibility index (Phi) is 24.4. The third-order valence-electron chi connectivity index (χ3n) is 16.0. The number of methoxy groups -OCH3 is 3. The molecule has 15 atom stereocenters. The van der Waals surface area contributed by atoms with Gasteiger partial charge in [0.05, 0.1) is 36.6 Å². The number of ether oxygens (including phenoxy) is 7. The molecule has 0 radical (unpaired) electrons. The van der Waals surface area contributed by atoms with Crippen molar-refractivity contribution in [3.05, 3.63) is 77.7 Å².